The lowest BCUT2D eigenvalue weighted by Gasteiger charge is -2.14. The van der Waals surface area contributed by atoms with Crippen molar-refractivity contribution >= 4 is 0 Å². The number of aliphatic hydroxyl groups is 3. The van der Waals surface area contributed by atoms with Crippen LogP contribution in [0.15, 0.2) is 0 Å². The number of aliphatic hydroxyl groups excluding tert-OH is 3. The molecule has 0 fully saturated rings. The molecule has 5 heteroatoms. The van der Waals surface area contributed by atoms with Crippen LogP contribution in [0.3, 0.4) is 0 Å². The van der Waals surface area contributed by atoms with Crippen molar-refractivity contribution in [1.82, 2.24) is 4.90 Å². The van der Waals surface area contributed by atoms with Gasteiger partial charge >= 0.3 is 0 Å². The van der Waals surface area contributed by atoms with Crippen molar-refractivity contribution in [1.29, 1.82) is 0 Å². The second-order valence-corrected chi connectivity index (χ2v) is 3.97. The molecule has 0 heterocycles. The van der Waals surface area contributed by atoms with E-state index < -0.39 is 12.2 Å². The molecule has 2 atom stereocenters. The minimum atomic E-state index is -0.848. The van der Waals surface area contributed by atoms with E-state index in [4.69, 9.17) is 14.9 Å². The smallest absolute Gasteiger partial charge is 0.100 e. The van der Waals surface area contributed by atoms with E-state index in [1.165, 1.54) is 0 Å². The molecular weight excluding hydrogens is 198 g/mol. The first-order valence-electron chi connectivity index (χ1n) is 5.25. The van der Waals surface area contributed by atoms with Crippen molar-refractivity contribution in [2.75, 3.05) is 40.5 Å². The van der Waals surface area contributed by atoms with Gasteiger partial charge in [0.25, 0.3) is 0 Å². The van der Waals surface area contributed by atoms with Crippen LogP contribution in [0.1, 0.15) is 12.8 Å². The summed E-state index contributed by atoms with van der Waals surface area (Å²) in [7, 11) is 3.97. The van der Waals surface area contributed by atoms with Crippen LogP contribution in [0.2, 0.25) is 0 Å². The van der Waals surface area contributed by atoms with Gasteiger partial charge in [-0.1, -0.05) is 0 Å². The topological polar surface area (TPSA) is 73.2 Å². The third-order valence-electron chi connectivity index (χ3n) is 1.97. The van der Waals surface area contributed by atoms with Crippen molar-refractivity contribution in [3.8, 4) is 0 Å². The molecule has 0 aromatic heterocycles. The second-order valence-electron chi connectivity index (χ2n) is 3.97. The summed E-state index contributed by atoms with van der Waals surface area (Å²) in [5, 5.41) is 26.9. The molecule has 0 aliphatic carbocycles. The van der Waals surface area contributed by atoms with E-state index in [9.17, 15) is 5.11 Å². The van der Waals surface area contributed by atoms with E-state index in [0.29, 0.717) is 6.42 Å². The zero-order valence-electron chi connectivity index (χ0n) is 9.59. The quantitative estimate of drug-likeness (QED) is 0.468. The fraction of sp³-hybridized carbons (Fsp3) is 1.00. The van der Waals surface area contributed by atoms with Gasteiger partial charge in [-0.2, -0.15) is 0 Å². The molecule has 0 spiro atoms. The van der Waals surface area contributed by atoms with Gasteiger partial charge < -0.3 is 25.0 Å². The maximum absolute atomic E-state index is 9.46. The van der Waals surface area contributed by atoms with Gasteiger partial charge in [-0.25, -0.2) is 0 Å². The first-order valence-corrected chi connectivity index (χ1v) is 5.25. The first-order chi connectivity index (χ1) is 7.06. The Labute approximate surface area is 91.3 Å². The van der Waals surface area contributed by atoms with Crippen molar-refractivity contribution in [3.05, 3.63) is 0 Å². The summed E-state index contributed by atoms with van der Waals surface area (Å²) in [6.07, 6.45) is 0.267. The zero-order chi connectivity index (χ0) is 11.7. The fourth-order valence-electron chi connectivity index (χ4n) is 1.12. The predicted octanol–water partition coefficient (Wildman–Crippen LogP) is -0.941. The molecule has 15 heavy (non-hydrogen) atoms. The van der Waals surface area contributed by atoms with Crippen LogP contribution in [0, 0.1) is 0 Å². The lowest BCUT2D eigenvalue weighted by molar-refractivity contribution is -0.0263. The molecule has 0 saturated carbocycles. The Hall–Kier alpha value is -0.200. The van der Waals surface area contributed by atoms with E-state index >= 15 is 0 Å². The molecular formula is C10H23NO4. The van der Waals surface area contributed by atoms with Crippen molar-refractivity contribution in [2.24, 2.45) is 0 Å². The third kappa shape index (κ3) is 10.1. The average molecular weight is 221 g/mol. The van der Waals surface area contributed by atoms with Gasteiger partial charge in [0, 0.05) is 0 Å². The lowest BCUT2D eigenvalue weighted by Crippen LogP contribution is -2.24. The minimum absolute atomic E-state index is 0.0707. The number of rotatable bonds is 9. The summed E-state index contributed by atoms with van der Waals surface area (Å²) in [5.41, 5.74) is 0. The standard InChI is InChI=1S/C10H23NO4/c1-11(2)5-3-4-9(13)7-15-8-10(14)6-12/h9-10,12-14H,3-8H2,1-2H3. The molecule has 0 bridgehead atoms. The van der Waals surface area contributed by atoms with Crippen LogP contribution in [-0.4, -0.2) is 72.9 Å². The molecule has 0 saturated heterocycles. The zero-order valence-corrected chi connectivity index (χ0v) is 9.59. The van der Waals surface area contributed by atoms with Crippen LogP contribution in [-0.2, 0) is 4.74 Å². The van der Waals surface area contributed by atoms with Crippen molar-refractivity contribution in [2.45, 2.75) is 25.0 Å². The highest BCUT2D eigenvalue weighted by Crippen LogP contribution is 1.99. The number of nitrogens with zero attached hydrogens (tertiary/aromatic N) is 1. The summed E-state index contributed by atoms with van der Waals surface area (Å²) in [4.78, 5) is 2.06. The minimum Gasteiger partial charge on any atom is -0.394 e. The van der Waals surface area contributed by atoms with Crippen molar-refractivity contribution < 1.29 is 20.1 Å². The van der Waals surface area contributed by atoms with E-state index in [2.05, 4.69) is 4.90 Å². The van der Waals surface area contributed by atoms with Gasteiger partial charge in [0.05, 0.1) is 25.9 Å². The first kappa shape index (κ1) is 14.8. The number of hydrogen-bond donors (Lipinski definition) is 3. The van der Waals surface area contributed by atoms with E-state index in [-0.39, 0.29) is 19.8 Å². The molecule has 0 aromatic rings. The van der Waals surface area contributed by atoms with Crippen molar-refractivity contribution in [3.63, 3.8) is 0 Å². The van der Waals surface area contributed by atoms with Crippen LogP contribution in [0.5, 0.6) is 0 Å². The Balaban J connectivity index is 3.29. The SMILES string of the molecule is CN(C)CCCC(O)COCC(O)CO. The maximum atomic E-state index is 9.46. The molecule has 2 unspecified atom stereocenters. The molecule has 0 amide bonds. The Kier molecular flexibility index (Phi) is 8.94. The molecule has 0 rings (SSSR count). The van der Waals surface area contributed by atoms with E-state index in [0.717, 1.165) is 13.0 Å². The largest absolute Gasteiger partial charge is 0.394 e. The highest BCUT2D eigenvalue weighted by atomic mass is 16.5. The molecule has 5 nitrogen and oxygen atoms in total. The van der Waals surface area contributed by atoms with Crippen LogP contribution in [0.25, 0.3) is 0 Å². The lowest BCUT2D eigenvalue weighted by atomic mass is 10.2. The normalized spacial score (nSPS) is 15.6. The Morgan fingerprint density at radius 3 is 2.27 bits per heavy atom. The van der Waals surface area contributed by atoms with Gasteiger partial charge in [-0.3, -0.25) is 0 Å². The highest BCUT2D eigenvalue weighted by Gasteiger charge is 2.06. The molecule has 0 radical (unpaired) electrons. The van der Waals surface area contributed by atoms with Gasteiger partial charge in [0.15, 0.2) is 0 Å². The van der Waals surface area contributed by atoms with Crippen LogP contribution in [0.4, 0.5) is 0 Å². The Bertz CT molecular complexity index is 143. The molecule has 3 N–H and O–H groups in total. The van der Waals surface area contributed by atoms with Gasteiger partial charge in [0.2, 0.25) is 0 Å². The number of ether oxygens (including phenoxy) is 1. The highest BCUT2D eigenvalue weighted by molar-refractivity contribution is 4.57. The van der Waals surface area contributed by atoms with Gasteiger partial charge in [-0.15, -0.1) is 0 Å². The molecule has 0 aliphatic rings. The molecule has 92 valence electrons. The van der Waals surface area contributed by atoms with E-state index in [1.54, 1.807) is 0 Å². The average Bonchev–Trinajstić information content (AvgIpc) is 2.17. The molecule has 0 aromatic carbocycles. The van der Waals surface area contributed by atoms with E-state index in [1.807, 2.05) is 14.1 Å². The van der Waals surface area contributed by atoms with Gasteiger partial charge in [0.1, 0.15) is 6.10 Å². The monoisotopic (exact) mass is 221 g/mol. The summed E-state index contributed by atoms with van der Waals surface area (Å²) >= 11 is 0. The Morgan fingerprint density at radius 1 is 1.13 bits per heavy atom. The van der Waals surface area contributed by atoms with Crippen LogP contribution < -0.4 is 0 Å². The third-order valence-corrected chi connectivity index (χ3v) is 1.97. The summed E-state index contributed by atoms with van der Waals surface area (Å²) in [6, 6.07) is 0. The predicted molar refractivity (Wildman–Crippen MR) is 57.7 cm³/mol. The summed E-state index contributed by atoms with van der Waals surface area (Å²) in [6.45, 7) is 0.915. The summed E-state index contributed by atoms with van der Waals surface area (Å²) < 4.78 is 5.03. The fourth-order valence-corrected chi connectivity index (χ4v) is 1.12. The molecule has 0 aliphatic heterocycles. The maximum Gasteiger partial charge on any atom is 0.100 e. The second kappa shape index (κ2) is 9.06. The van der Waals surface area contributed by atoms with Crippen LogP contribution >= 0.6 is 0 Å². The summed E-state index contributed by atoms with van der Waals surface area (Å²) in [5.74, 6) is 0. The van der Waals surface area contributed by atoms with Gasteiger partial charge in [-0.05, 0) is 33.5 Å². The number of hydrogen-bond acceptors (Lipinski definition) is 5. The Morgan fingerprint density at radius 2 is 1.73 bits per heavy atom.